The molecule has 10 nitrogen and oxygen atoms in total. The fourth-order valence-electron chi connectivity index (χ4n) is 3.27. The van der Waals surface area contributed by atoms with Crippen LogP contribution in [0.2, 0.25) is 5.02 Å². The molecule has 0 amide bonds. The van der Waals surface area contributed by atoms with Crippen LogP contribution in [0, 0.1) is 0 Å². The summed E-state index contributed by atoms with van der Waals surface area (Å²) < 4.78 is 26.9. The van der Waals surface area contributed by atoms with Crippen LogP contribution in [0.1, 0.15) is 27.8 Å². The Kier molecular flexibility index (Phi) is 8.32. The zero-order valence-electron chi connectivity index (χ0n) is 19.5. The summed E-state index contributed by atoms with van der Waals surface area (Å²) in [5.41, 5.74) is 0.529. The first kappa shape index (κ1) is 25.6. The Morgan fingerprint density at radius 2 is 1.66 bits per heavy atom. The molecular weight excluding hydrogens is 480 g/mol. The van der Waals surface area contributed by atoms with Crippen molar-refractivity contribution < 1.29 is 38.1 Å². The first-order valence-electron chi connectivity index (χ1n) is 10.4. The standard InChI is InChI=1S/C24H23ClN2O8/c1-5-34-19(28)13-35-18-12-16(25)15(11-17(18)31-2)21-20(23(29)32-3)22(24(30)33-4)27(26-21)14-9-7-6-8-10-14/h6-12H,5,13H2,1-4H3. The minimum absolute atomic E-state index is 0.0568. The van der Waals surface area contributed by atoms with E-state index in [1.54, 1.807) is 37.3 Å². The maximum absolute atomic E-state index is 12.8. The number of carbonyl (C=O) groups excluding carboxylic acids is 3. The maximum Gasteiger partial charge on any atom is 0.357 e. The Balaban J connectivity index is 2.22. The van der Waals surface area contributed by atoms with Crippen LogP contribution in [0.5, 0.6) is 11.5 Å². The molecule has 1 aromatic heterocycles. The first-order chi connectivity index (χ1) is 16.9. The minimum Gasteiger partial charge on any atom is -0.493 e. The number of aromatic nitrogens is 2. The highest BCUT2D eigenvalue weighted by molar-refractivity contribution is 6.33. The second kappa shape index (κ2) is 11.4. The van der Waals surface area contributed by atoms with Gasteiger partial charge in [0.15, 0.2) is 23.8 Å². The second-order valence-electron chi connectivity index (χ2n) is 6.88. The summed E-state index contributed by atoms with van der Waals surface area (Å²) in [4.78, 5) is 37.3. The fourth-order valence-corrected chi connectivity index (χ4v) is 3.51. The lowest BCUT2D eigenvalue weighted by molar-refractivity contribution is -0.145. The summed E-state index contributed by atoms with van der Waals surface area (Å²) in [5, 5.41) is 4.63. The molecule has 0 N–H and O–H groups in total. The van der Waals surface area contributed by atoms with Crippen LogP contribution in [0.25, 0.3) is 16.9 Å². The van der Waals surface area contributed by atoms with Crippen molar-refractivity contribution in [2.75, 3.05) is 34.5 Å². The van der Waals surface area contributed by atoms with E-state index >= 15 is 0 Å². The molecule has 0 aliphatic rings. The number of nitrogens with zero attached hydrogens (tertiary/aromatic N) is 2. The van der Waals surface area contributed by atoms with Gasteiger partial charge in [0.1, 0.15) is 11.3 Å². The van der Waals surface area contributed by atoms with E-state index < -0.39 is 17.9 Å². The highest BCUT2D eigenvalue weighted by Crippen LogP contribution is 2.40. The normalized spacial score (nSPS) is 10.4. The number of carbonyl (C=O) groups is 3. The van der Waals surface area contributed by atoms with Crippen molar-refractivity contribution in [2.24, 2.45) is 0 Å². The average molecular weight is 503 g/mol. The van der Waals surface area contributed by atoms with E-state index in [9.17, 15) is 14.4 Å². The largest absolute Gasteiger partial charge is 0.493 e. The summed E-state index contributed by atoms with van der Waals surface area (Å²) >= 11 is 6.54. The monoisotopic (exact) mass is 502 g/mol. The molecule has 0 saturated heterocycles. The molecule has 2 aromatic carbocycles. The summed E-state index contributed by atoms with van der Waals surface area (Å²) in [6.07, 6.45) is 0. The summed E-state index contributed by atoms with van der Waals surface area (Å²) in [6, 6.07) is 11.6. The number of rotatable bonds is 9. The first-order valence-corrected chi connectivity index (χ1v) is 10.7. The molecule has 0 saturated carbocycles. The van der Waals surface area contributed by atoms with E-state index in [-0.39, 0.29) is 52.3 Å². The van der Waals surface area contributed by atoms with E-state index in [2.05, 4.69) is 5.10 Å². The average Bonchev–Trinajstić information content (AvgIpc) is 3.27. The van der Waals surface area contributed by atoms with Crippen molar-refractivity contribution in [3.8, 4) is 28.4 Å². The van der Waals surface area contributed by atoms with Crippen LogP contribution in [-0.4, -0.2) is 62.2 Å². The molecular formula is C24H23ClN2O8. The van der Waals surface area contributed by atoms with Gasteiger partial charge in [0.25, 0.3) is 0 Å². The Morgan fingerprint density at radius 1 is 0.971 bits per heavy atom. The van der Waals surface area contributed by atoms with Crippen molar-refractivity contribution >= 4 is 29.5 Å². The number of hydrogen-bond donors (Lipinski definition) is 0. The molecule has 1 heterocycles. The maximum atomic E-state index is 12.8. The van der Waals surface area contributed by atoms with E-state index in [0.29, 0.717) is 5.69 Å². The van der Waals surface area contributed by atoms with Crippen LogP contribution >= 0.6 is 11.6 Å². The van der Waals surface area contributed by atoms with Gasteiger partial charge in [-0.25, -0.2) is 19.1 Å². The summed E-state index contributed by atoms with van der Waals surface area (Å²) in [7, 11) is 3.77. The molecule has 0 unspecified atom stereocenters. The van der Waals surface area contributed by atoms with Gasteiger partial charge in [-0.15, -0.1) is 0 Å². The molecule has 0 aliphatic heterocycles. The predicted molar refractivity (Wildman–Crippen MR) is 125 cm³/mol. The van der Waals surface area contributed by atoms with Gasteiger partial charge in [-0.2, -0.15) is 5.10 Å². The second-order valence-corrected chi connectivity index (χ2v) is 7.29. The van der Waals surface area contributed by atoms with Crippen LogP contribution in [-0.2, 0) is 19.0 Å². The number of benzene rings is 2. The quantitative estimate of drug-likeness (QED) is 0.319. The van der Waals surface area contributed by atoms with Gasteiger partial charge in [0.2, 0.25) is 0 Å². The Bertz CT molecular complexity index is 1240. The van der Waals surface area contributed by atoms with Gasteiger partial charge in [0.05, 0.1) is 38.6 Å². The molecule has 184 valence electrons. The fraction of sp³-hybridized carbons (Fsp3) is 0.250. The molecule has 0 spiro atoms. The third-order valence-electron chi connectivity index (χ3n) is 4.81. The van der Waals surface area contributed by atoms with Crippen molar-refractivity contribution in [3.05, 3.63) is 58.7 Å². The number of ether oxygens (including phenoxy) is 5. The topological polar surface area (TPSA) is 115 Å². The molecule has 0 atom stereocenters. The molecule has 0 radical (unpaired) electrons. The predicted octanol–water partition coefficient (Wildman–Crippen LogP) is 3.72. The highest BCUT2D eigenvalue weighted by atomic mass is 35.5. The molecule has 3 aromatic rings. The van der Waals surface area contributed by atoms with E-state index in [4.69, 9.17) is 35.3 Å². The van der Waals surface area contributed by atoms with E-state index in [1.165, 1.54) is 38.1 Å². The minimum atomic E-state index is -0.819. The number of hydrogen-bond acceptors (Lipinski definition) is 9. The Morgan fingerprint density at radius 3 is 2.26 bits per heavy atom. The summed E-state index contributed by atoms with van der Waals surface area (Å²) in [6.45, 7) is 1.53. The van der Waals surface area contributed by atoms with Gasteiger partial charge in [-0.1, -0.05) is 29.8 Å². The zero-order valence-corrected chi connectivity index (χ0v) is 20.2. The van der Waals surface area contributed by atoms with Crippen molar-refractivity contribution in [1.29, 1.82) is 0 Å². The van der Waals surface area contributed by atoms with Crippen molar-refractivity contribution in [3.63, 3.8) is 0 Å². The molecule has 3 rings (SSSR count). The lowest BCUT2D eigenvalue weighted by Crippen LogP contribution is -2.15. The Labute approximate surface area is 206 Å². The third-order valence-corrected chi connectivity index (χ3v) is 5.13. The summed E-state index contributed by atoms with van der Waals surface area (Å²) in [5.74, 6) is -1.80. The van der Waals surface area contributed by atoms with Crippen LogP contribution < -0.4 is 9.47 Å². The van der Waals surface area contributed by atoms with Crippen molar-refractivity contribution in [2.45, 2.75) is 6.92 Å². The van der Waals surface area contributed by atoms with Crippen LogP contribution in [0.3, 0.4) is 0 Å². The van der Waals surface area contributed by atoms with Crippen molar-refractivity contribution in [1.82, 2.24) is 9.78 Å². The highest BCUT2D eigenvalue weighted by Gasteiger charge is 2.32. The molecule has 35 heavy (non-hydrogen) atoms. The van der Waals surface area contributed by atoms with Crippen LogP contribution in [0.15, 0.2) is 42.5 Å². The Hall–Kier alpha value is -4.05. The third kappa shape index (κ3) is 5.38. The zero-order chi connectivity index (χ0) is 25.5. The molecule has 0 aliphatic carbocycles. The smallest absolute Gasteiger partial charge is 0.357 e. The van der Waals surface area contributed by atoms with Gasteiger partial charge in [-0.05, 0) is 25.1 Å². The van der Waals surface area contributed by atoms with Gasteiger partial charge in [0, 0.05) is 11.6 Å². The lowest BCUT2D eigenvalue weighted by atomic mass is 10.0. The number of esters is 3. The molecule has 0 fully saturated rings. The van der Waals surface area contributed by atoms with E-state index in [1.807, 2.05) is 0 Å². The van der Waals surface area contributed by atoms with Crippen LogP contribution in [0.4, 0.5) is 0 Å². The number of para-hydroxylation sites is 1. The van der Waals surface area contributed by atoms with Gasteiger partial charge in [-0.3, -0.25) is 0 Å². The number of methoxy groups -OCH3 is 3. The number of halogens is 1. The molecule has 11 heteroatoms. The SMILES string of the molecule is CCOC(=O)COc1cc(Cl)c(-c2nn(-c3ccccc3)c(C(=O)OC)c2C(=O)OC)cc1OC. The van der Waals surface area contributed by atoms with Gasteiger partial charge < -0.3 is 23.7 Å². The molecule has 0 bridgehead atoms. The van der Waals surface area contributed by atoms with E-state index in [0.717, 1.165) is 0 Å². The lowest BCUT2D eigenvalue weighted by Gasteiger charge is -2.13. The van der Waals surface area contributed by atoms with Gasteiger partial charge >= 0.3 is 17.9 Å².